The molecule has 33 heavy (non-hydrogen) atoms. The molecule has 1 aliphatic rings. The minimum absolute atomic E-state index is 0.0365. The second-order valence-electron chi connectivity index (χ2n) is 7.51. The van der Waals surface area contributed by atoms with Crippen molar-refractivity contribution >= 4 is 33.3 Å². The molecule has 0 spiro atoms. The number of anilines is 1. The van der Waals surface area contributed by atoms with Crippen molar-refractivity contribution in [3.8, 4) is 0 Å². The van der Waals surface area contributed by atoms with Gasteiger partial charge in [0.25, 0.3) is 11.6 Å². The third-order valence-corrected chi connectivity index (χ3v) is 6.63. The van der Waals surface area contributed by atoms with Crippen LogP contribution in [0.4, 0.5) is 11.4 Å². The molecule has 1 amide bonds. The molecular weight excluding hydrogens is 454 g/mol. The molecule has 2 unspecified atom stereocenters. The Bertz CT molecular complexity index is 1160. The Morgan fingerprint density at radius 2 is 1.82 bits per heavy atom. The molecule has 176 valence electrons. The maximum Gasteiger partial charge on any atom is 0.338 e. The number of esters is 1. The molecule has 1 N–H and O–H groups in total. The Morgan fingerprint density at radius 3 is 2.48 bits per heavy atom. The van der Waals surface area contributed by atoms with Crippen LogP contribution in [-0.2, 0) is 24.3 Å². The van der Waals surface area contributed by atoms with E-state index >= 15 is 0 Å². The quantitative estimate of drug-likeness (QED) is 0.363. The highest BCUT2D eigenvalue weighted by atomic mass is 32.2. The number of nitro groups is 1. The number of ether oxygens (including phenoxy) is 2. The van der Waals surface area contributed by atoms with Gasteiger partial charge in [0, 0.05) is 19.2 Å². The summed E-state index contributed by atoms with van der Waals surface area (Å²) < 4.78 is 37.9. The van der Waals surface area contributed by atoms with Crippen LogP contribution in [0.5, 0.6) is 0 Å². The van der Waals surface area contributed by atoms with Crippen LogP contribution in [0.15, 0.2) is 53.4 Å². The number of carbonyl (C=O) groups excluding carboxylic acids is 2. The molecule has 2 aromatic rings. The summed E-state index contributed by atoms with van der Waals surface area (Å²) in [6, 6.07) is 10.9. The van der Waals surface area contributed by atoms with E-state index in [4.69, 9.17) is 9.47 Å². The lowest BCUT2D eigenvalue weighted by Crippen LogP contribution is -2.48. The average Bonchev–Trinajstić information content (AvgIpc) is 2.77. The second kappa shape index (κ2) is 10.1. The van der Waals surface area contributed by atoms with E-state index in [1.165, 1.54) is 52.8 Å². The number of nitrogens with zero attached hydrogens (tertiary/aromatic N) is 2. The number of hydrogen-bond donors (Lipinski definition) is 1. The van der Waals surface area contributed by atoms with Crippen LogP contribution in [0, 0.1) is 10.1 Å². The Balaban J connectivity index is 1.66. The molecule has 1 aliphatic heterocycles. The van der Waals surface area contributed by atoms with E-state index in [9.17, 15) is 28.1 Å². The SMILES string of the molecule is CC1CN(S(=O)(=O)c2cccc(C(=O)OCC(=O)Nc3ccccc3[N+](=O)[O-])c2)CC(C)O1. The minimum atomic E-state index is -3.87. The lowest BCUT2D eigenvalue weighted by Gasteiger charge is -2.34. The number of morpholine rings is 1. The zero-order chi connectivity index (χ0) is 24.2. The van der Waals surface area contributed by atoms with Gasteiger partial charge in [-0.2, -0.15) is 4.31 Å². The van der Waals surface area contributed by atoms with Gasteiger partial charge in [0.1, 0.15) is 5.69 Å². The number of nitrogens with one attached hydrogen (secondary N) is 1. The van der Waals surface area contributed by atoms with Crippen LogP contribution < -0.4 is 5.32 Å². The highest BCUT2D eigenvalue weighted by Gasteiger charge is 2.32. The van der Waals surface area contributed by atoms with Gasteiger partial charge in [-0.3, -0.25) is 14.9 Å². The molecule has 0 saturated carbocycles. The predicted octanol–water partition coefficient (Wildman–Crippen LogP) is 2.19. The molecule has 0 bridgehead atoms. The first-order valence-electron chi connectivity index (χ1n) is 10.0. The summed E-state index contributed by atoms with van der Waals surface area (Å²) in [5.41, 5.74) is -0.392. The van der Waals surface area contributed by atoms with Gasteiger partial charge in [-0.05, 0) is 38.1 Å². The first-order valence-corrected chi connectivity index (χ1v) is 11.5. The standard InChI is InChI=1S/C21H23N3O8S/c1-14-11-23(12-15(2)32-14)33(29,30)17-7-5-6-16(10-17)21(26)31-13-20(25)22-18-8-3-4-9-19(18)24(27)28/h3-10,14-15H,11-13H2,1-2H3,(H,22,25). The van der Waals surface area contributed by atoms with E-state index in [-0.39, 0.29) is 47.1 Å². The van der Waals surface area contributed by atoms with Crippen LogP contribution in [0.25, 0.3) is 0 Å². The molecule has 2 atom stereocenters. The number of amides is 1. The predicted molar refractivity (Wildman–Crippen MR) is 117 cm³/mol. The van der Waals surface area contributed by atoms with Crippen molar-refractivity contribution in [1.82, 2.24) is 4.31 Å². The third-order valence-electron chi connectivity index (χ3n) is 4.80. The van der Waals surface area contributed by atoms with E-state index in [2.05, 4.69) is 5.32 Å². The number of para-hydroxylation sites is 2. The summed E-state index contributed by atoms with van der Waals surface area (Å²) in [6.07, 6.45) is -0.536. The van der Waals surface area contributed by atoms with Crippen molar-refractivity contribution < 1.29 is 32.4 Å². The minimum Gasteiger partial charge on any atom is -0.452 e. The van der Waals surface area contributed by atoms with Crippen molar-refractivity contribution in [3.63, 3.8) is 0 Å². The fraction of sp³-hybridized carbons (Fsp3) is 0.333. The van der Waals surface area contributed by atoms with Gasteiger partial charge in [0.05, 0.1) is 27.6 Å². The van der Waals surface area contributed by atoms with E-state index in [1.807, 2.05) is 0 Å². The average molecular weight is 477 g/mol. The van der Waals surface area contributed by atoms with Gasteiger partial charge in [-0.15, -0.1) is 0 Å². The molecule has 1 saturated heterocycles. The maximum atomic E-state index is 13.0. The van der Waals surface area contributed by atoms with Crippen LogP contribution in [-0.4, -0.2) is 61.4 Å². The van der Waals surface area contributed by atoms with Crippen molar-refractivity contribution in [3.05, 3.63) is 64.2 Å². The normalized spacial score (nSPS) is 19.0. The van der Waals surface area contributed by atoms with Crippen LogP contribution in [0.1, 0.15) is 24.2 Å². The smallest absolute Gasteiger partial charge is 0.338 e. The molecule has 12 heteroatoms. The number of benzene rings is 2. The van der Waals surface area contributed by atoms with Crippen molar-refractivity contribution in [2.24, 2.45) is 0 Å². The first-order chi connectivity index (χ1) is 15.6. The summed E-state index contributed by atoms with van der Waals surface area (Å²) >= 11 is 0. The highest BCUT2D eigenvalue weighted by Crippen LogP contribution is 2.24. The third kappa shape index (κ3) is 5.92. The largest absolute Gasteiger partial charge is 0.452 e. The fourth-order valence-corrected chi connectivity index (χ4v) is 5.04. The summed E-state index contributed by atoms with van der Waals surface area (Å²) in [4.78, 5) is 34.8. The second-order valence-corrected chi connectivity index (χ2v) is 9.44. The molecule has 11 nitrogen and oxygen atoms in total. The van der Waals surface area contributed by atoms with Crippen LogP contribution in [0.3, 0.4) is 0 Å². The Labute approximate surface area is 190 Å². The molecule has 0 aromatic heterocycles. The van der Waals surface area contributed by atoms with Gasteiger partial charge in [0.15, 0.2) is 6.61 Å². The molecule has 0 aliphatic carbocycles. The number of rotatable bonds is 7. The highest BCUT2D eigenvalue weighted by molar-refractivity contribution is 7.89. The van der Waals surface area contributed by atoms with Crippen LogP contribution >= 0.6 is 0 Å². The number of carbonyl (C=O) groups is 2. The zero-order valence-corrected chi connectivity index (χ0v) is 18.8. The van der Waals surface area contributed by atoms with E-state index in [0.29, 0.717) is 0 Å². The van der Waals surface area contributed by atoms with E-state index < -0.39 is 33.4 Å². The topological polar surface area (TPSA) is 145 Å². The van der Waals surface area contributed by atoms with E-state index in [1.54, 1.807) is 13.8 Å². The summed E-state index contributed by atoms with van der Waals surface area (Å²) in [5.74, 6) is -1.69. The van der Waals surface area contributed by atoms with Crippen LogP contribution in [0.2, 0.25) is 0 Å². The fourth-order valence-electron chi connectivity index (χ4n) is 3.40. The van der Waals surface area contributed by atoms with Gasteiger partial charge in [-0.1, -0.05) is 18.2 Å². The van der Waals surface area contributed by atoms with Gasteiger partial charge in [0.2, 0.25) is 10.0 Å². The lowest BCUT2D eigenvalue weighted by molar-refractivity contribution is -0.383. The Hall–Kier alpha value is -3.35. The van der Waals surface area contributed by atoms with Gasteiger partial charge in [-0.25, -0.2) is 13.2 Å². The lowest BCUT2D eigenvalue weighted by atomic mass is 10.2. The first kappa shape index (κ1) is 24.3. The van der Waals surface area contributed by atoms with Gasteiger partial charge >= 0.3 is 5.97 Å². The van der Waals surface area contributed by atoms with Gasteiger partial charge < -0.3 is 14.8 Å². The monoisotopic (exact) mass is 477 g/mol. The molecule has 2 aromatic carbocycles. The number of sulfonamides is 1. The molecular formula is C21H23N3O8S. The summed E-state index contributed by atoms with van der Waals surface area (Å²) in [5, 5.41) is 13.3. The van der Waals surface area contributed by atoms with Crippen molar-refractivity contribution in [2.45, 2.75) is 31.0 Å². The van der Waals surface area contributed by atoms with E-state index in [0.717, 1.165) is 0 Å². The summed E-state index contributed by atoms with van der Waals surface area (Å²) in [7, 11) is -3.87. The molecule has 0 radical (unpaired) electrons. The summed E-state index contributed by atoms with van der Waals surface area (Å²) in [6.45, 7) is 3.22. The Morgan fingerprint density at radius 1 is 1.15 bits per heavy atom. The Kier molecular flexibility index (Phi) is 7.41. The maximum absolute atomic E-state index is 13.0. The number of nitro benzene ring substituents is 1. The number of hydrogen-bond acceptors (Lipinski definition) is 8. The molecule has 1 heterocycles. The van der Waals surface area contributed by atoms with Crippen molar-refractivity contribution in [1.29, 1.82) is 0 Å². The molecule has 3 rings (SSSR count). The zero-order valence-electron chi connectivity index (χ0n) is 18.0. The van der Waals surface area contributed by atoms with Crippen molar-refractivity contribution in [2.75, 3.05) is 25.0 Å². The molecule has 1 fully saturated rings.